The van der Waals surface area contributed by atoms with Crippen LogP contribution in [0.1, 0.15) is 31.0 Å². The number of ether oxygens (including phenoxy) is 1. The number of aromatic nitrogens is 4. The van der Waals surface area contributed by atoms with Crippen molar-refractivity contribution in [1.29, 1.82) is 5.26 Å². The Balaban J connectivity index is 0.00000324. The van der Waals surface area contributed by atoms with Gasteiger partial charge in [0.1, 0.15) is 11.8 Å². The molecule has 2 heterocycles. The van der Waals surface area contributed by atoms with Gasteiger partial charge in [-0.3, -0.25) is 14.6 Å². The molecule has 0 aliphatic carbocycles. The molecule has 178 valence electrons. The van der Waals surface area contributed by atoms with E-state index in [0.29, 0.717) is 4.68 Å². The quantitative estimate of drug-likeness (QED) is 0.223. The molecular weight excluding hydrogens is 558 g/mol. The van der Waals surface area contributed by atoms with Gasteiger partial charge in [0, 0.05) is 5.56 Å². The summed E-state index contributed by atoms with van der Waals surface area (Å²) in [5, 5.41) is 12.4. The zero-order valence-corrected chi connectivity index (χ0v) is 25.8. The molecule has 12 nitrogen and oxygen atoms in total. The van der Waals surface area contributed by atoms with Crippen LogP contribution in [0.15, 0.2) is 38.8 Å². The molecular formula is C19H14Cl2N5Na2O7P. The Hall–Kier alpha value is -1.20. The number of aromatic amines is 1. The zero-order valence-electron chi connectivity index (χ0n) is 19.4. The molecule has 36 heavy (non-hydrogen) atoms. The molecule has 0 saturated carbocycles. The first kappa shape index (κ1) is 32.8. The van der Waals surface area contributed by atoms with E-state index in [9.17, 15) is 28.7 Å². The predicted octanol–water partition coefficient (Wildman–Crippen LogP) is -4.94. The van der Waals surface area contributed by atoms with Crippen molar-refractivity contribution < 1.29 is 78.2 Å². The summed E-state index contributed by atoms with van der Waals surface area (Å²) in [4.78, 5) is 60.6. The zero-order chi connectivity index (χ0) is 25.4. The summed E-state index contributed by atoms with van der Waals surface area (Å²) >= 11 is 12.5. The minimum atomic E-state index is -5.07. The van der Waals surface area contributed by atoms with E-state index in [1.165, 1.54) is 18.2 Å². The van der Waals surface area contributed by atoms with E-state index in [1.807, 2.05) is 4.98 Å². The Morgan fingerprint density at radius 1 is 1.17 bits per heavy atom. The number of rotatable bonds is 6. The third kappa shape index (κ3) is 7.66. The van der Waals surface area contributed by atoms with Gasteiger partial charge >= 0.3 is 64.8 Å². The molecule has 3 aromatic rings. The van der Waals surface area contributed by atoms with Gasteiger partial charge in [-0.1, -0.05) is 37.0 Å². The molecule has 2 aromatic heterocycles. The third-order valence-corrected chi connectivity index (χ3v) is 5.63. The second-order valence-corrected chi connectivity index (χ2v) is 9.60. The second kappa shape index (κ2) is 13.0. The minimum Gasteiger partial charge on any atom is -0.809 e. The largest absolute Gasteiger partial charge is 1.00 e. The van der Waals surface area contributed by atoms with Crippen molar-refractivity contribution in [2.75, 3.05) is 0 Å². The Labute approximate surface area is 257 Å². The van der Waals surface area contributed by atoms with Crippen LogP contribution in [0.3, 0.4) is 0 Å². The van der Waals surface area contributed by atoms with Crippen LogP contribution in [0, 0.1) is 11.3 Å². The Morgan fingerprint density at radius 3 is 2.25 bits per heavy atom. The summed E-state index contributed by atoms with van der Waals surface area (Å²) in [6.45, 7) is 3.38. The van der Waals surface area contributed by atoms with E-state index in [1.54, 1.807) is 19.9 Å². The number of H-pyrrole nitrogens is 1. The van der Waals surface area contributed by atoms with Gasteiger partial charge in [0.2, 0.25) is 5.69 Å². The molecule has 0 unspecified atom stereocenters. The number of nitrogens with zero attached hydrogens (tertiary/aromatic N) is 4. The third-order valence-electron chi connectivity index (χ3n) is 4.42. The maximum atomic E-state index is 12.5. The Kier molecular flexibility index (Phi) is 11.9. The van der Waals surface area contributed by atoms with Crippen molar-refractivity contribution >= 4 is 30.8 Å². The van der Waals surface area contributed by atoms with E-state index in [2.05, 4.69) is 5.10 Å². The van der Waals surface area contributed by atoms with E-state index in [0.717, 1.165) is 10.8 Å². The van der Waals surface area contributed by atoms with Gasteiger partial charge in [0.15, 0.2) is 5.75 Å². The van der Waals surface area contributed by atoms with Crippen LogP contribution in [-0.4, -0.2) is 19.3 Å². The van der Waals surface area contributed by atoms with Gasteiger partial charge in [-0.15, -0.1) is 5.10 Å². The summed E-state index contributed by atoms with van der Waals surface area (Å²) in [6, 6.07) is 5.35. The minimum absolute atomic E-state index is 0. The molecule has 3 rings (SSSR count). The van der Waals surface area contributed by atoms with E-state index in [-0.39, 0.29) is 97.8 Å². The predicted molar refractivity (Wildman–Crippen MR) is 118 cm³/mol. The van der Waals surface area contributed by atoms with E-state index >= 15 is 0 Å². The topological polar surface area (TPSA) is 186 Å². The summed E-state index contributed by atoms with van der Waals surface area (Å²) in [5.74, 6) is -0.474. The first-order valence-corrected chi connectivity index (χ1v) is 11.9. The van der Waals surface area contributed by atoms with Gasteiger partial charge in [0.25, 0.3) is 11.1 Å². The fraction of sp³-hybridized carbons (Fsp3) is 0.211. The normalized spacial score (nSPS) is 10.8. The Morgan fingerprint density at radius 2 is 1.75 bits per heavy atom. The fourth-order valence-electron chi connectivity index (χ4n) is 2.92. The van der Waals surface area contributed by atoms with Crippen LogP contribution in [0.4, 0.5) is 0 Å². The molecule has 0 amide bonds. The number of benzene rings is 1. The van der Waals surface area contributed by atoms with Gasteiger partial charge in [-0.05, 0) is 31.7 Å². The summed E-state index contributed by atoms with van der Waals surface area (Å²) in [5.41, 5.74) is -2.95. The van der Waals surface area contributed by atoms with Crippen LogP contribution in [-0.2, 0) is 10.9 Å². The molecule has 0 spiro atoms. The number of halogens is 2. The first-order chi connectivity index (χ1) is 15.8. The smallest absolute Gasteiger partial charge is 0.809 e. The fourth-order valence-corrected chi connectivity index (χ4v) is 4.06. The maximum Gasteiger partial charge on any atom is 1.00 e. The molecule has 1 aromatic carbocycles. The molecule has 0 radical (unpaired) electrons. The van der Waals surface area contributed by atoms with Crippen LogP contribution < -0.4 is 90.4 Å². The standard InChI is InChI=1S/C19H16Cl2N5O7P.2Na/c1-9(2)12-5-11(7-25(18(12)28)8-34(30,31)32)33-16-13(20)3-10(4-14(16)21)26-19(29)23-17(27)15(6-22)24-26;;/h3-5,7,9H,8H2,1-2H3,(H,23,27,29)(H2,30,31,32);;/q;2*+1/p-2. The second-order valence-electron chi connectivity index (χ2n) is 7.29. The molecule has 0 bridgehead atoms. The number of nitriles is 1. The summed E-state index contributed by atoms with van der Waals surface area (Å²) < 4.78 is 18.3. The van der Waals surface area contributed by atoms with Gasteiger partial charge in [-0.2, -0.15) is 9.94 Å². The van der Waals surface area contributed by atoms with E-state index in [4.69, 9.17) is 33.2 Å². The average Bonchev–Trinajstić information content (AvgIpc) is 2.71. The molecule has 0 aliphatic rings. The first-order valence-electron chi connectivity index (χ1n) is 9.37. The molecule has 1 N–H and O–H groups in total. The van der Waals surface area contributed by atoms with Crippen molar-refractivity contribution in [3.05, 3.63) is 76.9 Å². The van der Waals surface area contributed by atoms with Crippen LogP contribution >= 0.6 is 30.8 Å². The monoisotopic (exact) mass is 571 g/mol. The van der Waals surface area contributed by atoms with Crippen molar-refractivity contribution in [3.63, 3.8) is 0 Å². The van der Waals surface area contributed by atoms with Gasteiger partial charge in [-0.25, -0.2) is 4.79 Å². The summed E-state index contributed by atoms with van der Waals surface area (Å²) in [7, 11) is -5.07. The Bertz CT molecular complexity index is 1540. The van der Waals surface area contributed by atoms with Crippen LogP contribution in [0.2, 0.25) is 10.0 Å². The molecule has 17 heteroatoms. The number of hydrogen-bond donors (Lipinski definition) is 1. The van der Waals surface area contributed by atoms with Crippen molar-refractivity contribution in [2.24, 2.45) is 0 Å². The molecule has 0 aliphatic heterocycles. The average molecular weight is 572 g/mol. The van der Waals surface area contributed by atoms with Gasteiger partial charge in [0.05, 0.1) is 28.2 Å². The molecule has 0 atom stereocenters. The van der Waals surface area contributed by atoms with E-state index < -0.39 is 36.4 Å². The molecule has 0 fully saturated rings. The van der Waals surface area contributed by atoms with Gasteiger partial charge < -0.3 is 23.7 Å². The summed E-state index contributed by atoms with van der Waals surface area (Å²) in [6.07, 6.45) is -0.0460. The molecule has 0 saturated heterocycles. The number of hydrogen-bond acceptors (Lipinski definition) is 9. The SMILES string of the molecule is CC(C)c1cc(Oc2c(Cl)cc(-n3nc(C#N)c(=O)[nH]c3=O)cc2Cl)cn(CP(=O)([O-])[O-])c1=O.[Na+].[Na+]. The number of nitrogens with one attached hydrogen (secondary N) is 1. The van der Waals surface area contributed by atoms with Crippen LogP contribution in [0.25, 0.3) is 5.69 Å². The maximum absolute atomic E-state index is 12.5. The van der Waals surface area contributed by atoms with Crippen molar-refractivity contribution in [1.82, 2.24) is 19.3 Å². The van der Waals surface area contributed by atoms with Crippen molar-refractivity contribution in [2.45, 2.75) is 26.1 Å². The van der Waals surface area contributed by atoms with Crippen molar-refractivity contribution in [3.8, 4) is 23.3 Å². The number of pyridine rings is 1. The van der Waals surface area contributed by atoms with Crippen LogP contribution in [0.5, 0.6) is 11.5 Å².